The Bertz CT molecular complexity index is 608. The summed E-state index contributed by atoms with van der Waals surface area (Å²) < 4.78 is 2.14. The zero-order valence-corrected chi connectivity index (χ0v) is 12.1. The van der Waals surface area contributed by atoms with Crippen molar-refractivity contribution in [2.45, 2.75) is 44.6 Å². The summed E-state index contributed by atoms with van der Waals surface area (Å²) in [7, 11) is 2.06. The Morgan fingerprint density at radius 2 is 2.05 bits per heavy atom. The molecule has 1 fully saturated rings. The molecule has 20 heavy (non-hydrogen) atoms. The molecule has 1 aliphatic carbocycles. The van der Waals surface area contributed by atoms with E-state index in [4.69, 9.17) is 0 Å². The number of aryl methyl sites for hydroxylation is 2. The minimum Gasteiger partial charge on any atom is -0.353 e. The molecule has 106 valence electrons. The highest BCUT2D eigenvalue weighted by atomic mass is 16.1. The van der Waals surface area contributed by atoms with Gasteiger partial charge in [0.25, 0.3) is 0 Å². The van der Waals surface area contributed by atoms with Gasteiger partial charge in [0.2, 0.25) is 5.91 Å². The molecule has 1 heterocycles. The Balaban J connectivity index is 1.63. The lowest BCUT2D eigenvalue weighted by Crippen LogP contribution is -2.32. The van der Waals surface area contributed by atoms with Crippen molar-refractivity contribution >= 4 is 16.8 Å². The summed E-state index contributed by atoms with van der Waals surface area (Å²) in [6, 6.07) is 8.80. The van der Waals surface area contributed by atoms with E-state index < -0.39 is 0 Å². The molecule has 3 heteroatoms. The van der Waals surface area contributed by atoms with E-state index in [-0.39, 0.29) is 5.91 Å². The number of amides is 1. The number of hydrogen-bond acceptors (Lipinski definition) is 1. The molecule has 0 radical (unpaired) electrons. The van der Waals surface area contributed by atoms with Gasteiger partial charge in [-0.05, 0) is 30.9 Å². The van der Waals surface area contributed by atoms with E-state index in [1.165, 1.54) is 29.3 Å². The summed E-state index contributed by atoms with van der Waals surface area (Å²) in [5.74, 6) is 0.199. The summed E-state index contributed by atoms with van der Waals surface area (Å²) in [5.41, 5.74) is 2.50. The van der Waals surface area contributed by atoms with E-state index in [1.54, 1.807) is 0 Å². The van der Waals surface area contributed by atoms with Gasteiger partial charge in [-0.1, -0.05) is 31.0 Å². The molecule has 1 aliphatic rings. The molecule has 0 atom stereocenters. The largest absolute Gasteiger partial charge is 0.353 e. The molecule has 0 aliphatic heterocycles. The van der Waals surface area contributed by atoms with Crippen LogP contribution < -0.4 is 5.32 Å². The molecule has 1 saturated carbocycles. The van der Waals surface area contributed by atoms with Crippen LogP contribution in [0.15, 0.2) is 30.5 Å². The number of hydrogen-bond donors (Lipinski definition) is 1. The van der Waals surface area contributed by atoms with Crippen molar-refractivity contribution < 1.29 is 4.79 Å². The second-order valence-electron chi connectivity index (χ2n) is 5.83. The maximum Gasteiger partial charge on any atom is 0.220 e. The maximum absolute atomic E-state index is 12.0. The number of carbonyl (C=O) groups excluding carboxylic acids is 1. The number of nitrogens with one attached hydrogen (secondary N) is 1. The van der Waals surface area contributed by atoms with Gasteiger partial charge in [0.1, 0.15) is 0 Å². The van der Waals surface area contributed by atoms with Crippen molar-refractivity contribution in [3.05, 3.63) is 36.0 Å². The van der Waals surface area contributed by atoms with Crippen molar-refractivity contribution in [2.75, 3.05) is 0 Å². The van der Waals surface area contributed by atoms with Gasteiger partial charge in [-0.25, -0.2) is 0 Å². The van der Waals surface area contributed by atoms with Crippen LogP contribution in [-0.2, 0) is 18.3 Å². The smallest absolute Gasteiger partial charge is 0.220 e. The number of rotatable bonds is 4. The third-order valence-corrected chi connectivity index (χ3v) is 4.32. The van der Waals surface area contributed by atoms with Crippen molar-refractivity contribution in [3.8, 4) is 0 Å². The molecule has 1 amide bonds. The fraction of sp³-hybridized carbons (Fsp3) is 0.471. The van der Waals surface area contributed by atoms with Crippen LogP contribution in [-0.4, -0.2) is 16.5 Å². The second kappa shape index (κ2) is 5.70. The van der Waals surface area contributed by atoms with Crippen LogP contribution in [0.5, 0.6) is 0 Å². The fourth-order valence-corrected chi connectivity index (χ4v) is 3.24. The first-order valence-electron chi connectivity index (χ1n) is 7.56. The van der Waals surface area contributed by atoms with Gasteiger partial charge in [-0.15, -0.1) is 0 Å². The van der Waals surface area contributed by atoms with Crippen LogP contribution in [0.25, 0.3) is 10.9 Å². The zero-order chi connectivity index (χ0) is 13.9. The molecule has 0 spiro atoms. The Morgan fingerprint density at radius 3 is 2.85 bits per heavy atom. The molecule has 1 N–H and O–H groups in total. The van der Waals surface area contributed by atoms with Gasteiger partial charge in [0, 0.05) is 36.6 Å². The average Bonchev–Trinajstić information content (AvgIpc) is 3.06. The van der Waals surface area contributed by atoms with E-state index >= 15 is 0 Å². The number of carbonyl (C=O) groups is 1. The monoisotopic (exact) mass is 270 g/mol. The lowest BCUT2D eigenvalue weighted by atomic mass is 10.1. The molecule has 0 saturated heterocycles. The summed E-state index contributed by atoms with van der Waals surface area (Å²) in [4.78, 5) is 12.0. The van der Waals surface area contributed by atoms with Gasteiger partial charge in [0.15, 0.2) is 0 Å². The lowest BCUT2D eigenvalue weighted by Gasteiger charge is -2.11. The topological polar surface area (TPSA) is 34.0 Å². The van der Waals surface area contributed by atoms with Crippen LogP contribution in [0.4, 0.5) is 0 Å². The molecule has 2 aromatic rings. The van der Waals surface area contributed by atoms with Gasteiger partial charge in [-0.2, -0.15) is 0 Å². The van der Waals surface area contributed by atoms with E-state index in [2.05, 4.69) is 47.4 Å². The molecule has 0 bridgehead atoms. The van der Waals surface area contributed by atoms with Crippen molar-refractivity contribution in [1.29, 1.82) is 0 Å². The van der Waals surface area contributed by atoms with Crippen molar-refractivity contribution in [1.82, 2.24) is 9.88 Å². The van der Waals surface area contributed by atoms with Crippen LogP contribution in [0, 0.1) is 0 Å². The minimum atomic E-state index is 0.199. The van der Waals surface area contributed by atoms with E-state index in [9.17, 15) is 4.79 Å². The number of nitrogens with zero attached hydrogens (tertiary/aromatic N) is 1. The van der Waals surface area contributed by atoms with Gasteiger partial charge >= 0.3 is 0 Å². The lowest BCUT2D eigenvalue weighted by molar-refractivity contribution is -0.121. The third kappa shape index (κ3) is 2.72. The van der Waals surface area contributed by atoms with Crippen LogP contribution in [0.1, 0.15) is 37.7 Å². The predicted octanol–water partition coefficient (Wildman–Crippen LogP) is 3.17. The molecular weight excluding hydrogens is 248 g/mol. The number of aromatic nitrogens is 1. The molecular formula is C17H22N2O. The van der Waals surface area contributed by atoms with Crippen LogP contribution in [0.2, 0.25) is 0 Å². The summed E-state index contributed by atoms with van der Waals surface area (Å²) in [5, 5.41) is 4.43. The number of benzene rings is 1. The highest BCUT2D eigenvalue weighted by molar-refractivity contribution is 5.85. The molecule has 0 unspecified atom stereocenters. The number of fused-ring (bicyclic) bond motifs is 1. The Kier molecular flexibility index (Phi) is 3.77. The zero-order valence-electron chi connectivity index (χ0n) is 12.1. The van der Waals surface area contributed by atoms with Gasteiger partial charge < -0.3 is 9.88 Å². The second-order valence-corrected chi connectivity index (χ2v) is 5.83. The Hall–Kier alpha value is -1.77. The third-order valence-electron chi connectivity index (χ3n) is 4.32. The first-order chi connectivity index (χ1) is 9.74. The quantitative estimate of drug-likeness (QED) is 0.909. The Morgan fingerprint density at radius 1 is 1.30 bits per heavy atom. The fourth-order valence-electron chi connectivity index (χ4n) is 3.24. The normalized spacial score (nSPS) is 15.8. The summed E-state index contributed by atoms with van der Waals surface area (Å²) >= 11 is 0. The summed E-state index contributed by atoms with van der Waals surface area (Å²) in [6.45, 7) is 0. The molecule has 3 nitrogen and oxygen atoms in total. The predicted molar refractivity (Wildman–Crippen MR) is 81.6 cm³/mol. The standard InChI is InChI=1S/C17H22N2O/c1-19-12-13(15-8-4-5-9-16(15)19)10-11-17(20)18-14-6-2-3-7-14/h4-5,8-9,12,14H,2-3,6-7,10-11H2,1H3,(H,18,20). The highest BCUT2D eigenvalue weighted by Gasteiger charge is 2.17. The van der Waals surface area contributed by atoms with Gasteiger partial charge in [-0.3, -0.25) is 4.79 Å². The highest BCUT2D eigenvalue weighted by Crippen LogP contribution is 2.22. The maximum atomic E-state index is 12.0. The molecule has 1 aromatic heterocycles. The van der Waals surface area contributed by atoms with Crippen molar-refractivity contribution in [3.63, 3.8) is 0 Å². The average molecular weight is 270 g/mol. The Labute approximate surface area is 120 Å². The van der Waals surface area contributed by atoms with E-state index in [0.717, 1.165) is 19.3 Å². The first-order valence-corrected chi connectivity index (χ1v) is 7.56. The SMILES string of the molecule is Cn1cc(CCC(=O)NC2CCCC2)c2ccccc21. The van der Waals surface area contributed by atoms with Crippen LogP contribution >= 0.6 is 0 Å². The molecule has 3 rings (SSSR count). The van der Waals surface area contributed by atoms with Crippen molar-refractivity contribution in [2.24, 2.45) is 7.05 Å². The van der Waals surface area contributed by atoms with E-state index in [1.807, 2.05) is 0 Å². The molecule has 1 aromatic carbocycles. The van der Waals surface area contributed by atoms with Gasteiger partial charge in [0.05, 0.1) is 0 Å². The van der Waals surface area contributed by atoms with Crippen LogP contribution in [0.3, 0.4) is 0 Å². The number of para-hydroxylation sites is 1. The first kappa shape index (κ1) is 13.2. The van der Waals surface area contributed by atoms with E-state index in [0.29, 0.717) is 12.5 Å². The summed E-state index contributed by atoms with van der Waals surface area (Å²) in [6.07, 6.45) is 8.38. The minimum absolute atomic E-state index is 0.199.